The van der Waals surface area contributed by atoms with Crippen molar-refractivity contribution in [2.75, 3.05) is 0 Å². The summed E-state index contributed by atoms with van der Waals surface area (Å²) in [6.45, 7) is 2.23. The van der Waals surface area contributed by atoms with Crippen molar-refractivity contribution in [3.8, 4) is 5.75 Å². The molecule has 2 heterocycles. The summed E-state index contributed by atoms with van der Waals surface area (Å²) in [7, 11) is 1.72. The van der Waals surface area contributed by atoms with Crippen molar-refractivity contribution in [1.29, 1.82) is 0 Å². The van der Waals surface area contributed by atoms with E-state index in [-0.39, 0.29) is 12.2 Å². The van der Waals surface area contributed by atoms with Crippen molar-refractivity contribution >= 4 is 11.8 Å². The maximum absolute atomic E-state index is 11.6. The molecule has 0 amide bonds. The number of rotatable bonds is 6. The largest absolute Gasteiger partial charge is 0.484 e. The van der Waals surface area contributed by atoms with E-state index in [2.05, 4.69) is 10.2 Å². The number of ether oxygens (including phenoxy) is 1. The second-order valence-electron chi connectivity index (χ2n) is 5.34. The van der Waals surface area contributed by atoms with Crippen molar-refractivity contribution in [2.45, 2.75) is 24.5 Å². The quantitative estimate of drug-likeness (QED) is 0.641. The highest BCUT2D eigenvalue weighted by atomic mass is 32.2. The van der Waals surface area contributed by atoms with Crippen LogP contribution in [-0.2, 0) is 19.4 Å². The minimum absolute atomic E-state index is 0.0362. The molecule has 0 N–H and O–H groups in total. The molecule has 0 radical (unpaired) electrons. The molecule has 3 aromatic rings. The van der Waals surface area contributed by atoms with Crippen LogP contribution >= 0.6 is 11.8 Å². The first-order valence-corrected chi connectivity index (χ1v) is 8.39. The Kier molecular flexibility index (Phi) is 5.00. The summed E-state index contributed by atoms with van der Waals surface area (Å²) in [6.07, 6.45) is 1.74. The maximum Gasteiger partial charge on any atom is 0.277 e. The van der Waals surface area contributed by atoms with Gasteiger partial charge in [-0.25, -0.2) is 0 Å². The van der Waals surface area contributed by atoms with E-state index < -0.39 is 0 Å². The second-order valence-corrected chi connectivity index (χ2v) is 6.27. The van der Waals surface area contributed by atoms with Crippen molar-refractivity contribution in [2.24, 2.45) is 7.05 Å². The van der Waals surface area contributed by atoms with Crippen LogP contribution in [-0.4, -0.2) is 14.8 Å². The summed E-state index contributed by atoms with van der Waals surface area (Å²) in [5.74, 6) is 1.78. The molecule has 0 unspecified atom stereocenters. The molecule has 7 heteroatoms. The van der Waals surface area contributed by atoms with Crippen LogP contribution in [0.5, 0.6) is 5.75 Å². The Labute approximate surface area is 143 Å². The second kappa shape index (κ2) is 7.35. The first-order valence-electron chi connectivity index (χ1n) is 7.40. The molecule has 24 heavy (non-hydrogen) atoms. The highest BCUT2D eigenvalue weighted by Gasteiger charge is 2.08. The van der Waals surface area contributed by atoms with E-state index in [1.807, 2.05) is 37.3 Å². The van der Waals surface area contributed by atoms with Gasteiger partial charge in [-0.3, -0.25) is 4.79 Å². The highest BCUT2D eigenvalue weighted by Crippen LogP contribution is 2.21. The van der Waals surface area contributed by atoms with Crippen molar-refractivity contribution in [3.05, 3.63) is 70.0 Å². The molecule has 0 fully saturated rings. The van der Waals surface area contributed by atoms with Gasteiger partial charge in [0.2, 0.25) is 0 Å². The number of hydrogen-bond donors (Lipinski definition) is 0. The monoisotopic (exact) mass is 343 g/mol. The first-order chi connectivity index (χ1) is 11.6. The predicted octanol–water partition coefficient (Wildman–Crippen LogP) is 2.95. The Bertz CT molecular complexity index is 889. The van der Waals surface area contributed by atoms with E-state index in [4.69, 9.17) is 9.15 Å². The molecule has 0 saturated carbocycles. The lowest BCUT2D eigenvalue weighted by Gasteiger charge is -2.03. The van der Waals surface area contributed by atoms with Gasteiger partial charge in [-0.15, -0.1) is 10.2 Å². The van der Waals surface area contributed by atoms with Gasteiger partial charge in [0.1, 0.15) is 5.75 Å². The van der Waals surface area contributed by atoms with Crippen LogP contribution < -0.4 is 10.3 Å². The minimum Gasteiger partial charge on any atom is -0.484 e. The number of thioether (sulfide) groups is 1. The molecule has 2 aromatic heterocycles. The van der Waals surface area contributed by atoms with E-state index in [1.165, 1.54) is 16.3 Å². The summed E-state index contributed by atoms with van der Waals surface area (Å²) in [5, 5.41) is 8.41. The lowest BCUT2D eigenvalue weighted by Crippen LogP contribution is -2.14. The van der Waals surface area contributed by atoms with Crippen molar-refractivity contribution in [1.82, 2.24) is 14.8 Å². The molecular formula is C17H17N3O3S. The Hall–Kier alpha value is -2.54. The standard InChI is InChI=1S/C17H17N3O3S/c1-12-4-3-5-14(8-12)22-10-15-18-19-17(23-15)24-11-13-6-7-20(2)16(21)9-13/h3-9H,10-11H2,1-2H3. The van der Waals surface area contributed by atoms with Crippen molar-refractivity contribution in [3.63, 3.8) is 0 Å². The molecule has 0 atom stereocenters. The third-order valence-corrected chi connectivity index (χ3v) is 4.22. The van der Waals surface area contributed by atoms with Crippen LogP contribution in [0.4, 0.5) is 0 Å². The number of pyridine rings is 1. The van der Waals surface area contributed by atoms with Gasteiger partial charge in [-0.05, 0) is 36.2 Å². The average Bonchev–Trinajstić information content (AvgIpc) is 3.02. The normalized spacial score (nSPS) is 10.8. The molecule has 0 saturated heterocycles. The van der Waals surface area contributed by atoms with Gasteiger partial charge in [0.25, 0.3) is 16.7 Å². The zero-order valence-electron chi connectivity index (χ0n) is 13.4. The number of aromatic nitrogens is 3. The van der Waals surface area contributed by atoms with Crippen LogP contribution in [0.1, 0.15) is 17.0 Å². The third kappa shape index (κ3) is 4.26. The Morgan fingerprint density at radius 1 is 1.25 bits per heavy atom. The van der Waals surface area contributed by atoms with Crippen LogP contribution in [0.3, 0.4) is 0 Å². The van der Waals surface area contributed by atoms with Gasteiger partial charge in [0.15, 0.2) is 6.61 Å². The van der Waals surface area contributed by atoms with E-state index in [9.17, 15) is 4.79 Å². The molecule has 0 spiro atoms. The number of benzene rings is 1. The third-order valence-electron chi connectivity index (χ3n) is 3.33. The summed E-state index contributed by atoms with van der Waals surface area (Å²) >= 11 is 1.39. The topological polar surface area (TPSA) is 70.2 Å². The smallest absolute Gasteiger partial charge is 0.277 e. The Morgan fingerprint density at radius 3 is 2.92 bits per heavy atom. The average molecular weight is 343 g/mol. The van der Waals surface area contributed by atoms with Gasteiger partial charge >= 0.3 is 0 Å². The van der Waals surface area contributed by atoms with Gasteiger partial charge in [0, 0.05) is 25.1 Å². The molecule has 0 bridgehead atoms. The number of hydrogen-bond acceptors (Lipinski definition) is 6. The Balaban J connectivity index is 1.55. The summed E-state index contributed by atoms with van der Waals surface area (Å²) in [4.78, 5) is 11.6. The molecule has 6 nitrogen and oxygen atoms in total. The predicted molar refractivity (Wildman–Crippen MR) is 91.1 cm³/mol. The summed E-state index contributed by atoms with van der Waals surface area (Å²) < 4.78 is 12.7. The molecule has 124 valence electrons. The highest BCUT2D eigenvalue weighted by molar-refractivity contribution is 7.98. The zero-order chi connectivity index (χ0) is 16.9. The number of nitrogens with zero attached hydrogens (tertiary/aromatic N) is 3. The molecule has 0 aliphatic carbocycles. The fraction of sp³-hybridized carbons (Fsp3) is 0.235. The van der Waals surface area contributed by atoms with Gasteiger partial charge < -0.3 is 13.7 Å². The van der Waals surface area contributed by atoms with Crippen LogP contribution in [0.25, 0.3) is 0 Å². The fourth-order valence-corrected chi connectivity index (χ4v) is 2.75. The van der Waals surface area contributed by atoms with E-state index in [0.29, 0.717) is 16.9 Å². The van der Waals surface area contributed by atoms with E-state index in [1.54, 1.807) is 19.3 Å². The SMILES string of the molecule is Cc1cccc(OCc2nnc(SCc3ccn(C)c(=O)c3)o2)c1. The van der Waals surface area contributed by atoms with E-state index >= 15 is 0 Å². The molecule has 1 aromatic carbocycles. The first kappa shape index (κ1) is 16.3. The van der Waals surface area contributed by atoms with Gasteiger partial charge in [0.05, 0.1) is 0 Å². The van der Waals surface area contributed by atoms with Crippen LogP contribution in [0.15, 0.2) is 57.0 Å². The minimum atomic E-state index is -0.0362. The lowest BCUT2D eigenvalue weighted by atomic mass is 10.2. The molecule has 3 rings (SSSR count). The van der Waals surface area contributed by atoms with Crippen LogP contribution in [0.2, 0.25) is 0 Å². The summed E-state index contributed by atoms with van der Waals surface area (Å²) in [6, 6.07) is 11.3. The zero-order valence-corrected chi connectivity index (χ0v) is 14.2. The molecule has 0 aliphatic rings. The molecular weight excluding hydrogens is 326 g/mol. The van der Waals surface area contributed by atoms with Gasteiger partial charge in [-0.1, -0.05) is 23.9 Å². The maximum atomic E-state index is 11.6. The van der Waals surface area contributed by atoms with E-state index in [0.717, 1.165) is 16.9 Å². The fourth-order valence-electron chi connectivity index (χ4n) is 2.03. The van der Waals surface area contributed by atoms with Crippen LogP contribution in [0, 0.1) is 6.92 Å². The lowest BCUT2D eigenvalue weighted by molar-refractivity contribution is 0.252. The molecule has 0 aliphatic heterocycles. The van der Waals surface area contributed by atoms with Gasteiger partial charge in [-0.2, -0.15) is 0 Å². The number of aryl methyl sites for hydroxylation is 2. The van der Waals surface area contributed by atoms with Crippen molar-refractivity contribution < 1.29 is 9.15 Å². The Morgan fingerprint density at radius 2 is 2.12 bits per heavy atom. The summed E-state index contributed by atoms with van der Waals surface area (Å²) in [5.41, 5.74) is 2.01.